The molecule has 0 N–H and O–H groups in total. The smallest absolute Gasteiger partial charge is 0.135 e. The molecule has 2 aliphatic heterocycles. The molecule has 21 heavy (non-hydrogen) atoms. The Kier molecular flexibility index (Phi) is 3.34. The zero-order valence-electron chi connectivity index (χ0n) is 12.7. The maximum Gasteiger partial charge on any atom is 0.135 e. The summed E-state index contributed by atoms with van der Waals surface area (Å²) in [5.74, 6) is 2.06. The average Bonchev–Trinajstić information content (AvgIpc) is 2.94. The molecule has 1 atom stereocenters. The maximum atomic E-state index is 6.04. The number of hydrogen-bond acceptors (Lipinski definition) is 5. The van der Waals surface area contributed by atoms with Crippen LogP contribution >= 0.6 is 0 Å². The number of hydrogen-bond donors (Lipinski definition) is 0. The van der Waals surface area contributed by atoms with Crippen molar-refractivity contribution >= 4 is 5.82 Å². The topological polar surface area (TPSA) is 47.5 Å². The number of ether oxygens (including phenoxy) is 2. The van der Waals surface area contributed by atoms with Crippen molar-refractivity contribution in [2.24, 2.45) is 0 Å². The largest absolute Gasteiger partial charge is 0.378 e. The van der Waals surface area contributed by atoms with Gasteiger partial charge in [0.05, 0.1) is 19.8 Å². The van der Waals surface area contributed by atoms with Crippen LogP contribution in [0.4, 0.5) is 5.82 Å². The van der Waals surface area contributed by atoms with Crippen molar-refractivity contribution in [3.05, 3.63) is 17.1 Å². The minimum atomic E-state index is -0.112. The molecule has 1 spiro atoms. The van der Waals surface area contributed by atoms with Crippen molar-refractivity contribution in [3.63, 3.8) is 0 Å². The zero-order valence-corrected chi connectivity index (χ0v) is 12.7. The summed E-state index contributed by atoms with van der Waals surface area (Å²) in [5, 5.41) is 0. The molecule has 3 aliphatic rings. The van der Waals surface area contributed by atoms with E-state index < -0.39 is 0 Å². The van der Waals surface area contributed by atoms with Gasteiger partial charge < -0.3 is 14.4 Å². The second-order valence-corrected chi connectivity index (χ2v) is 6.48. The molecule has 0 saturated carbocycles. The van der Waals surface area contributed by atoms with E-state index in [1.165, 1.54) is 24.1 Å². The van der Waals surface area contributed by atoms with Gasteiger partial charge >= 0.3 is 0 Å². The molecule has 5 heteroatoms. The fraction of sp³-hybridized carbons (Fsp3) is 0.750. The summed E-state index contributed by atoms with van der Waals surface area (Å²) < 4.78 is 11.6. The van der Waals surface area contributed by atoms with Gasteiger partial charge in [-0.1, -0.05) is 0 Å². The average molecular weight is 289 g/mol. The molecule has 0 bridgehead atoms. The lowest BCUT2D eigenvalue weighted by Gasteiger charge is -2.41. The Bertz CT molecular complexity index is 541. The number of aromatic nitrogens is 2. The summed E-state index contributed by atoms with van der Waals surface area (Å²) in [6.45, 7) is 6.12. The van der Waals surface area contributed by atoms with Crippen LogP contribution in [-0.4, -0.2) is 48.5 Å². The van der Waals surface area contributed by atoms with Gasteiger partial charge in [-0.05, 0) is 32.6 Å². The monoisotopic (exact) mass is 289 g/mol. The van der Waals surface area contributed by atoms with Gasteiger partial charge in [0, 0.05) is 30.8 Å². The molecular formula is C16H23N3O2. The highest BCUT2D eigenvalue weighted by Crippen LogP contribution is 2.33. The van der Waals surface area contributed by atoms with Crippen molar-refractivity contribution in [3.8, 4) is 0 Å². The molecule has 0 radical (unpaired) electrons. The van der Waals surface area contributed by atoms with E-state index in [0.717, 1.165) is 63.8 Å². The van der Waals surface area contributed by atoms with Gasteiger partial charge in [-0.3, -0.25) is 0 Å². The minimum Gasteiger partial charge on any atom is -0.378 e. The molecule has 4 rings (SSSR count). The molecule has 5 nitrogen and oxygen atoms in total. The number of nitrogens with zero attached hydrogens (tertiary/aromatic N) is 3. The number of aryl methyl sites for hydroxylation is 2. The quantitative estimate of drug-likeness (QED) is 0.787. The molecule has 1 aromatic heterocycles. The summed E-state index contributed by atoms with van der Waals surface area (Å²) in [4.78, 5) is 11.9. The van der Waals surface area contributed by atoms with E-state index in [9.17, 15) is 0 Å². The first-order chi connectivity index (χ1) is 10.3. The summed E-state index contributed by atoms with van der Waals surface area (Å²) >= 11 is 0. The summed E-state index contributed by atoms with van der Waals surface area (Å²) in [5.41, 5.74) is 2.54. The van der Waals surface area contributed by atoms with Crippen molar-refractivity contribution in [1.82, 2.24) is 9.97 Å². The van der Waals surface area contributed by atoms with Crippen LogP contribution in [-0.2, 0) is 22.3 Å². The highest BCUT2D eigenvalue weighted by Gasteiger charge is 2.41. The Labute approximate surface area is 125 Å². The fourth-order valence-electron chi connectivity index (χ4n) is 3.81. The molecule has 0 amide bonds. The normalized spacial score (nSPS) is 28.9. The minimum absolute atomic E-state index is 0.112. The van der Waals surface area contributed by atoms with E-state index in [1.807, 2.05) is 6.92 Å². The van der Waals surface area contributed by atoms with Gasteiger partial charge in [0.15, 0.2) is 0 Å². The van der Waals surface area contributed by atoms with Gasteiger partial charge in [0.1, 0.15) is 17.2 Å². The van der Waals surface area contributed by atoms with Crippen LogP contribution in [0, 0.1) is 6.92 Å². The van der Waals surface area contributed by atoms with E-state index in [2.05, 4.69) is 9.88 Å². The molecule has 3 heterocycles. The van der Waals surface area contributed by atoms with Gasteiger partial charge in [-0.15, -0.1) is 0 Å². The Morgan fingerprint density at radius 1 is 1.14 bits per heavy atom. The van der Waals surface area contributed by atoms with E-state index >= 15 is 0 Å². The summed E-state index contributed by atoms with van der Waals surface area (Å²) in [6.07, 6.45) is 5.72. The fourth-order valence-corrected chi connectivity index (χ4v) is 3.81. The van der Waals surface area contributed by atoms with Crippen molar-refractivity contribution in [2.45, 2.75) is 44.6 Å². The molecule has 0 aromatic carbocycles. The Morgan fingerprint density at radius 3 is 2.90 bits per heavy atom. The van der Waals surface area contributed by atoms with Gasteiger partial charge in [0.2, 0.25) is 0 Å². The van der Waals surface area contributed by atoms with Crippen LogP contribution in [0.3, 0.4) is 0 Å². The SMILES string of the molecule is Cc1nc2c(c(N3CCOC4(CCOC4)C3)n1)CCCC2. The lowest BCUT2D eigenvalue weighted by molar-refractivity contribution is -0.0581. The standard InChI is InChI=1S/C16H23N3O2/c1-12-17-14-5-3-2-4-13(14)15(18-12)19-7-9-21-16(10-19)6-8-20-11-16/h2-11H2,1H3. The number of rotatable bonds is 1. The van der Waals surface area contributed by atoms with Gasteiger partial charge in [-0.2, -0.15) is 0 Å². The highest BCUT2D eigenvalue weighted by atomic mass is 16.6. The third-order valence-corrected chi connectivity index (χ3v) is 4.89. The first-order valence-electron chi connectivity index (χ1n) is 8.09. The first-order valence-corrected chi connectivity index (χ1v) is 8.09. The van der Waals surface area contributed by atoms with Crippen LogP contribution in [0.15, 0.2) is 0 Å². The Morgan fingerprint density at radius 2 is 2.05 bits per heavy atom. The van der Waals surface area contributed by atoms with Crippen molar-refractivity contribution < 1.29 is 9.47 Å². The molecule has 1 aromatic rings. The second kappa shape index (κ2) is 5.21. The van der Waals surface area contributed by atoms with E-state index in [1.54, 1.807) is 0 Å². The van der Waals surface area contributed by atoms with Crippen LogP contribution in [0.25, 0.3) is 0 Å². The predicted molar refractivity (Wildman–Crippen MR) is 79.7 cm³/mol. The van der Waals surface area contributed by atoms with Gasteiger partial charge in [0.25, 0.3) is 0 Å². The third kappa shape index (κ3) is 2.42. The molecule has 2 saturated heterocycles. The van der Waals surface area contributed by atoms with E-state index in [4.69, 9.17) is 14.5 Å². The molecule has 1 aliphatic carbocycles. The van der Waals surface area contributed by atoms with Crippen molar-refractivity contribution in [2.75, 3.05) is 37.8 Å². The van der Waals surface area contributed by atoms with Crippen LogP contribution in [0.5, 0.6) is 0 Å². The van der Waals surface area contributed by atoms with Gasteiger partial charge in [-0.25, -0.2) is 9.97 Å². The lowest BCUT2D eigenvalue weighted by Crippen LogP contribution is -2.53. The molecular weight excluding hydrogens is 266 g/mol. The van der Waals surface area contributed by atoms with Crippen LogP contribution in [0.2, 0.25) is 0 Å². The second-order valence-electron chi connectivity index (χ2n) is 6.48. The summed E-state index contributed by atoms with van der Waals surface area (Å²) in [7, 11) is 0. The number of fused-ring (bicyclic) bond motifs is 1. The molecule has 2 fully saturated rings. The first kappa shape index (κ1) is 13.5. The maximum absolute atomic E-state index is 6.04. The van der Waals surface area contributed by atoms with Crippen molar-refractivity contribution in [1.29, 1.82) is 0 Å². The predicted octanol–water partition coefficient (Wildman–Crippen LogP) is 1.66. The van der Waals surface area contributed by atoms with Crippen LogP contribution < -0.4 is 4.90 Å². The molecule has 114 valence electrons. The summed E-state index contributed by atoms with van der Waals surface area (Å²) in [6, 6.07) is 0. The highest BCUT2D eigenvalue weighted by molar-refractivity contribution is 5.51. The van der Waals surface area contributed by atoms with E-state index in [0.29, 0.717) is 0 Å². The Hall–Kier alpha value is -1.20. The number of anilines is 1. The number of morpholine rings is 1. The third-order valence-electron chi connectivity index (χ3n) is 4.89. The van der Waals surface area contributed by atoms with E-state index in [-0.39, 0.29) is 5.60 Å². The van der Waals surface area contributed by atoms with Crippen LogP contribution in [0.1, 0.15) is 36.3 Å². The zero-order chi connectivity index (χ0) is 14.3. The Balaban J connectivity index is 1.67. The lowest BCUT2D eigenvalue weighted by atomic mass is 9.95. The molecule has 1 unspecified atom stereocenters.